The molecule has 0 bridgehead atoms. The van der Waals surface area contributed by atoms with Crippen molar-refractivity contribution in [3.63, 3.8) is 0 Å². The fourth-order valence-electron chi connectivity index (χ4n) is 1.84. The van der Waals surface area contributed by atoms with Crippen molar-refractivity contribution in [1.29, 1.82) is 0 Å². The minimum Gasteiger partial charge on any atom is -0.497 e. The van der Waals surface area contributed by atoms with Gasteiger partial charge >= 0.3 is 0 Å². The van der Waals surface area contributed by atoms with Crippen LogP contribution in [0.25, 0.3) is 10.9 Å². The molecule has 0 aliphatic carbocycles. The number of methoxy groups -OCH3 is 1. The number of amides is 1. The van der Waals surface area contributed by atoms with E-state index < -0.39 is 5.91 Å². The number of hydrogen-bond acceptors (Lipinski definition) is 4. The minimum atomic E-state index is -0.611. The van der Waals surface area contributed by atoms with Crippen LogP contribution in [-0.4, -0.2) is 17.6 Å². The first-order valence-electron chi connectivity index (χ1n) is 5.27. The molecule has 94 valence electrons. The van der Waals surface area contributed by atoms with E-state index in [2.05, 4.69) is 0 Å². The van der Waals surface area contributed by atoms with Gasteiger partial charge in [-0.1, -0.05) is 0 Å². The first kappa shape index (κ1) is 12.1. The number of ether oxygens (including phenoxy) is 1. The van der Waals surface area contributed by atoms with E-state index in [1.807, 2.05) is 5.43 Å². The Balaban J connectivity index is 2.83. The molecule has 0 saturated carbocycles. The number of hydrazine groups is 1. The summed E-state index contributed by atoms with van der Waals surface area (Å²) in [6, 6.07) is 5.12. The molecule has 0 aliphatic heterocycles. The summed E-state index contributed by atoms with van der Waals surface area (Å²) in [6.45, 7) is 0. The maximum Gasteiger partial charge on any atom is 0.270 e. The fraction of sp³-hybridized carbons (Fsp3) is 0.167. The molecule has 0 atom stereocenters. The lowest BCUT2D eigenvalue weighted by molar-refractivity contribution is 0.0952. The van der Waals surface area contributed by atoms with Gasteiger partial charge in [-0.15, -0.1) is 0 Å². The Morgan fingerprint density at radius 1 is 1.44 bits per heavy atom. The summed E-state index contributed by atoms with van der Waals surface area (Å²) in [7, 11) is 3.27. The summed E-state index contributed by atoms with van der Waals surface area (Å²) in [5, 5.41) is 0.415. The highest BCUT2D eigenvalue weighted by Gasteiger charge is 2.13. The van der Waals surface area contributed by atoms with Gasteiger partial charge in [-0.3, -0.25) is 15.0 Å². The Morgan fingerprint density at radius 3 is 2.78 bits per heavy atom. The van der Waals surface area contributed by atoms with E-state index in [1.165, 1.54) is 13.3 Å². The molecule has 1 aromatic heterocycles. The number of nitrogen functional groups attached to an aromatic ring is 1. The number of aromatic nitrogens is 1. The fourth-order valence-corrected chi connectivity index (χ4v) is 1.84. The lowest BCUT2D eigenvalue weighted by atomic mass is 10.1. The first-order chi connectivity index (χ1) is 8.58. The number of hydrogen-bond donors (Lipinski definition) is 2. The van der Waals surface area contributed by atoms with Crippen molar-refractivity contribution in [3.8, 4) is 5.75 Å². The number of aryl methyl sites for hydroxylation is 1. The van der Waals surface area contributed by atoms with E-state index >= 15 is 0 Å². The van der Waals surface area contributed by atoms with Crippen LogP contribution in [0.2, 0.25) is 0 Å². The average Bonchev–Trinajstić information content (AvgIpc) is 2.41. The molecular weight excluding hydrogens is 234 g/mol. The standard InChI is InChI=1S/C12H13N3O3/c1-15-6-9(12(17)14-13)11(16)8-5-7(18-2)3-4-10(8)15/h3-6H,13H2,1-2H3,(H,14,17). The predicted octanol–water partition coefficient (Wildman–Crippen LogP) is 0.151. The maximum absolute atomic E-state index is 12.2. The van der Waals surface area contributed by atoms with Gasteiger partial charge < -0.3 is 9.30 Å². The van der Waals surface area contributed by atoms with Crippen LogP contribution in [0.4, 0.5) is 0 Å². The Labute approximate surface area is 103 Å². The second kappa shape index (κ2) is 4.50. The molecule has 1 aromatic carbocycles. The highest BCUT2D eigenvalue weighted by Crippen LogP contribution is 2.18. The summed E-state index contributed by atoms with van der Waals surface area (Å²) < 4.78 is 6.77. The molecule has 1 amide bonds. The van der Waals surface area contributed by atoms with Crippen molar-refractivity contribution in [3.05, 3.63) is 40.2 Å². The smallest absolute Gasteiger partial charge is 0.270 e. The van der Waals surface area contributed by atoms with Crippen molar-refractivity contribution < 1.29 is 9.53 Å². The second-order valence-corrected chi connectivity index (χ2v) is 3.84. The molecule has 0 saturated heterocycles. The molecule has 2 rings (SSSR count). The van der Waals surface area contributed by atoms with Crippen LogP contribution in [0.5, 0.6) is 5.75 Å². The van der Waals surface area contributed by atoms with Gasteiger partial charge in [-0.2, -0.15) is 0 Å². The van der Waals surface area contributed by atoms with Crippen molar-refractivity contribution >= 4 is 16.8 Å². The largest absolute Gasteiger partial charge is 0.497 e. The normalized spacial score (nSPS) is 10.4. The first-order valence-corrected chi connectivity index (χ1v) is 5.27. The molecule has 0 unspecified atom stereocenters. The predicted molar refractivity (Wildman–Crippen MR) is 67.4 cm³/mol. The number of nitrogens with zero attached hydrogens (tertiary/aromatic N) is 1. The Hall–Kier alpha value is -2.34. The summed E-state index contributed by atoms with van der Waals surface area (Å²) in [5.74, 6) is 5.00. The zero-order chi connectivity index (χ0) is 13.3. The topological polar surface area (TPSA) is 86.3 Å². The van der Waals surface area contributed by atoms with Crippen LogP contribution in [0, 0.1) is 0 Å². The number of rotatable bonds is 2. The summed E-state index contributed by atoms with van der Waals surface area (Å²) in [5.41, 5.74) is 2.31. The number of carbonyl (C=O) groups is 1. The highest BCUT2D eigenvalue weighted by molar-refractivity contribution is 5.97. The van der Waals surface area contributed by atoms with Gasteiger partial charge in [0.1, 0.15) is 11.3 Å². The molecule has 0 fully saturated rings. The van der Waals surface area contributed by atoms with Crippen LogP contribution in [0.1, 0.15) is 10.4 Å². The van der Waals surface area contributed by atoms with Gasteiger partial charge in [-0.25, -0.2) is 5.84 Å². The van der Waals surface area contributed by atoms with Crippen LogP contribution < -0.4 is 21.4 Å². The SMILES string of the molecule is COc1ccc2c(c1)c(=O)c(C(=O)NN)cn2C. The van der Waals surface area contributed by atoms with Crippen molar-refractivity contribution in [1.82, 2.24) is 9.99 Å². The van der Waals surface area contributed by atoms with Crippen LogP contribution in [0.3, 0.4) is 0 Å². The van der Waals surface area contributed by atoms with Gasteiger partial charge in [-0.05, 0) is 18.2 Å². The molecule has 0 spiro atoms. The molecule has 18 heavy (non-hydrogen) atoms. The molecule has 6 nitrogen and oxygen atoms in total. The lowest BCUT2D eigenvalue weighted by Crippen LogP contribution is -2.34. The van der Waals surface area contributed by atoms with Crippen molar-refractivity contribution in [2.45, 2.75) is 0 Å². The van der Waals surface area contributed by atoms with Gasteiger partial charge in [0.15, 0.2) is 0 Å². The van der Waals surface area contributed by atoms with E-state index in [0.29, 0.717) is 11.1 Å². The van der Waals surface area contributed by atoms with Crippen molar-refractivity contribution in [2.24, 2.45) is 12.9 Å². The molecular formula is C12H13N3O3. The maximum atomic E-state index is 12.2. The zero-order valence-electron chi connectivity index (χ0n) is 10.1. The summed E-state index contributed by atoms with van der Waals surface area (Å²) >= 11 is 0. The molecule has 6 heteroatoms. The van der Waals surface area contributed by atoms with Crippen molar-refractivity contribution in [2.75, 3.05) is 7.11 Å². The number of pyridine rings is 1. The molecule has 1 heterocycles. The van der Waals surface area contributed by atoms with E-state index in [0.717, 1.165) is 5.52 Å². The van der Waals surface area contributed by atoms with Crippen LogP contribution in [0.15, 0.2) is 29.2 Å². The highest BCUT2D eigenvalue weighted by atomic mass is 16.5. The third-order valence-electron chi connectivity index (χ3n) is 2.77. The summed E-state index contributed by atoms with van der Waals surface area (Å²) in [6.07, 6.45) is 1.46. The number of nitrogens with two attached hydrogens (primary N) is 1. The second-order valence-electron chi connectivity index (χ2n) is 3.84. The Bertz CT molecular complexity index is 676. The van der Waals surface area contributed by atoms with Crippen LogP contribution >= 0.6 is 0 Å². The van der Waals surface area contributed by atoms with E-state index in [4.69, 9.17) is 10.6 Å². The van der Waals surface area contributed by atoms with Crippen LogP contribution in [-0.2, 0) is 7.05 Å². The van der Waals surface area contributed by atoms with Gasteiger partial charge in [0.2, 0.25) is 5.43 Å². The third kappa shape index (κ3) is 1.82. The van der Waals surface area contributed by atoms with E-state index in [1.54, 1.807) is 29.8 Å². The summed E-state index contributed by atoms with van der Waals surface area (Å²) in [4.78, 5) is 23.7. The Kier molecular flexibility index (Phi) is 3.03. The average molecular weight is 247 g/mol. The molecule has 2 aromatic rings. The van der Waals surface area contributed by atoms with Gasteiger partial charge in [0.25, 0.3) is 5.91 Å². The van der Waals surface area contributed by atoms with E-state index in [-0.39, 0.29) is 11.0 Å². The number of carbonyl (C=O) groups excluding carboxylic acids is 1. The third-order valence-corrected chi connectivity index (χ3v) is 2.77. The van der Waals surface area contributed by atoms with E-state index in [9.17, 15) is 9.59 Å². The monoisotopic (exact) mass is 247 g/mol. The molecule has 3 N–H and O–H groups in total. The van der Waals surface area contributed by atoms with Gasteiger partial charge in [0, 0.05) is 13.2 Å². The minimum absolute atomic E-state index is 0.000697. The molecule has 0 radical (unpaired) electrons. The molecule has 0 aliphatic rings. The Morgan fingerprint density at radius 2 is 2.17 bits per heavy atom. The zero-order valence-corrected chi connectivity index (χ0v) is 10.1. The van der Waals surface area contributed by atoms with Gasteiger partial charge in [0.05, 0.1) is 18.0 Å². The lowest BCUT2D eigenvalue weighted by Gasteiger charge is -2.09. The number of fused-ring (bicyclic) bond motifs is 1. The quantitative estimate of drug-likeness (QED) is 0.449. The number of nitrogens with one attached hydrogen (secondary N) is 1. The number of benzene rings is 1.